The van der Waals surface area contributed by atoms with Crippen LogP contribution in [-0.2, 0) is 4.79 Å². The van der Waals surface area contributed by atoms with Crippen molar-refractivity contribution in [3.8, 4) is 0 Å². The molecular formula is C20H37N3O. The lowest BCUT2D eigenvalue weighted by atomic mass is 9.57. The summed E-state index contributed by atoms with van der Waals surface area (Å²) >= 11 is 0. The zero-order valence-electron chi connectivity index (χ0n) is 16.3. The molecule has 1 amide bonds. The van der Waals surface area contributed by atoms with Crippen molar-refractivity contribution in [3.05, 3.63) is 0 Å². The molecule has 0 N–H and O–H groups in total. The fourth-order valence-corrected chi connectivity index (χ4v) is 5.34. The van der Waals surface area contributed by atoms with E-state index >= 15 is 0 Å². The number of likely N-dealkylation sites (tertiary alicyclic amines) is 1. The van der Waals surface area contributed by atoms with Gasteiger partial charge in [0.05, 0.1) is 0 Å². The predicted octanol–water partition coefficient (Wildman–Crippen LogP) is 2.69. The molecule has 3 rings (SSSR count). The van der Waals surface area contributed by atoms with Crippen LogP contribution in [0.2, 0.25) is 0 Å². The average Bonchev–Trinajstić information content (AvgIpc) is 2.48. The van der Waals surface area contributed by atoms with Gasteiger partial charge in [-0.1, -0.05) is 13.8 Å². The minimum atomic E-state index is 0.258. The molecule has 0 bridgehead atoms. The molecule has 3 aliphatic rings. The molecule has 1 spiro atoms. The molecule has 24 heavy (non-hydrogen) atoms. The van der Waals surface area contributed by atoms with Crippen LogP contribution >= 0.6 is 0 Å². The monoisotopic (exact) mass is 335 g/mol. The Morgan fingerprint density at radius 2 is 1.79 bits per heavy atom. The van der Waals surface area contributed by atoms with Gasteiger partial charge in [0.2, 0.25) is 5.91 Å². The zero-order chi connectivity index (χ0) is 17.3. The highest BCUT2D eigenvalue weighted by Crippen LogP contribution is 2.52. The smallest absolute Gasteiger partial charge is 0.219 e. The van der Waals surface area contributed by atoms with Crippen molar-refractivity contribution in [3.63, 3.8) is 0 Å². The van der Waals surface area contributed by atoms with Gasteiger partial charge in [0.25, 0.3) is 0 Å². The third-order valence-corrected chi connectivity index (χ3v) is 6.68. The maximum atomic E-state index is 11.5. The first-order valence-electron chi connectivity index (χ1n) is 10.1. The molecular weight excluding hydrogens is 298 g/mol. The Labute approximate surface area is 148 Å². The van der Waals surface area contributed by atoms with Crippen molar-refractivity contribution in [2.45, 2.75) is 59.4 Å². The van der Waals surface area contributed by atoms with Gasteiger partial charge in [-0.15, -0.1) is 0 Å². The topological polar surface area (TPSA) is 26.8 Å². The largest absolute Gasteiger partial charge is 0.343 e. The van der Waals surface area contributed by atoms with E-state index in [2.05, 4.69) is 30.6 Å². The fraction of sp³-hybridized carbons (Fsp3) is 0.950. The summed E-state index contributed by atoms with van der Waals surface area (Å²) < 4.78 is 0. The maximum Gasteiger partial charge on any atom is 0.219 e. The highest BCUT2D eigenvalue weighted by atomic mass is 16.2. The van der Waals surface area contributed by atoms with Gasteiger partial charge in [-0.25, -0.2) is 0 Å². The third-order valence-electron chi connectivity index (χ3n) is 6.68. The maximum absolute atomic E-state index is 11.5. The molecule has 0 aromatic carbocycles. The van der Waals surface area contributed by atoms with Crippen molar-refractivity contribution in [2.24, 2.45) is 17.3 Å². The molecule has 2 saturated heterocycles. The summed E-state index contributed by atoms with van der Waals surface area (Å²) in [6.07, 6.45) is 5.28. The third kappa shape index (κ3) is 4.13. The van der Waals surface area contributed by atoms with E-state index in [-0.39, 0.29) is 5.91 Å². The fourth-order valence-electron chi connectivity index (χ4n) is 5.34. The quantitative estimate of drug-likeness (QED) is 0.790. The van der Waals surface area contributed by atoms with E-state index in [4.69, 9.17) is 0 Å². The van der Waals surface area contributed by atoms with Gasteiger partial charge >= 0.3 is 0 Å². The van der Waals surface area contributed by atoms with Crippen LogP contribution in [0.4, 0.5) is 0 Å². The highest BCUT2D eigenvalue weighted by Gasteiger charge is 2.46. The Kier molecular flexibility index (Phi) is 5.55. The number of hydrogen-bond donors (Lipinski definition) is 0. The molecule has 3 fully saturated rings. The Bertz CT molecular complexity index is 434. The molecule has 138 valence electrons. The van der Waals surface area contributed by atoms with E-state index in [1.165, 1.54) is 58.4 Å². The lowest BCUT2D eigenvalue weighted by molar-refractivity contribution is -0.133. The number of amides is 1. The first-order chi connectivity index (χ1) is 11.4. The Morgan fingerprint density at radius 1 is 1.12 bits per heavy atom. The summed E-state index contributed by atoms with van der Waals surface area (Å²) in [6.45, 7) is 17.0. The molecule has 1 aliphatic carbocycles. The minimum absolute atomic E-state index is 0.258. The van der Waals surface area contributed by atoms with Crippen molar-refractivity contribution in [1.82, 2.24) is 14.7 Å². The van der Waals surface area contributed by atoms with Crippen LogP contribution in [0, 0.1) is 17.3 Å². The van der Waals surface area contributed by atoms with Crippen LogP contribution < -0.4 is 0 Å². The molecule has 2 heterocycles. The van der Waals surface area contributed by atoms with Crippen LogP contribution in [0.25, 0.3) is 0 Å². The standard InChI is InChI=1S/C20H37N3O/c1-16(2)13-23-10-9-21(14-17(23)3)15-19-11-20(12-19)5-7-22(8-6-20)18(4)24/h16-17,19H,5-15H2,1-4H3. The second-order valence-electron chi connectivity index (χ2n) is 9.28. The van der Waals surface area contributed by atoms with Crippen molar-refractivity contribution >= 4 is 5.91 Å². The van der Waals surface area contributed by atoms with E-state index in [0.717, 1.165) is 24.9 Å². The summed E-state index contributed by atoms with van der Waals surface area (Å²) in [7, 11) is 0. The normalized spacial score (nSPS) is 29.2. The number of piperazine rings is 1. The summed E-state index contributed by atoms with van der Waals surface area (Å²) in [5.41, 5.74) is 0.585. The lowest BCUT2D eigenvalue weighted by Crippen LogP contribution is -2.56. The SMILES string of the molecule is CC(=O)N1CCC2(CC1)CC(CN1CCN(CC(C)C)C(C)C1)C2. The lowest BCUT2D eigenvalue weighted by Gasteiger charge is -2.54. The summed E-state index contributed by atoms with van der Waals surface area (Å²) in [5, 5.41) is 0. The van der Waals surface area contributed by atoms with Gasteiger partial charge < -0.3 is 9.80 Å². The molecule has 0 aromatic rings. The van der Waals surface area contributed by atoms with Gasteiger partial charge in [0, 0.05) is 58.8 Å². The van der Waals surface area contributed by atoms with E-state index in [1.54, 1.807) is 6.92 Å². The van der Waals surface area contributed by atoms with Crippen LogP contribution in [0.15, 0.2) is 0 Å². The van der Waals surface area contributed by atoms with Crippen molar-refractivity contribution in [2.75, 3.05) is 45.8 Å². The zero-order valence-corrected chi connectivity index (χ0v) is 16.3. The van der Waals surface area contributed by atoms with E-state index in [9.17, 15) is 4.79 Å². The van der Waals surface area contributed by atoms with E-state index in [0.29, 0.717) is 11.5 Å². The van der Waals surface area contributed by atoms with E-state index < -0.39 is 0 Å². The second kappa shape index (κ2) is 7.33. The van der Waals surface area contributed by atoms with Crippen LogP contribution in [-0.4, -0.2) is 72.5 Å². The number of piperidine rings is 1. The minimum Gasteiger partial charge on any atom is -0.343 e. The van der Waals surface area contributed by atoms with Crippen LogP contribution in [0.5, 0.6) is 0 Å². The summed E-state index contributed by atoms with van der Waals surface area (Å²) in [4.78, 5) is 18.9. The van der Waals surface area contributed by atoms with Crippen LogP contribution in [0.1, 0.15) is 53.4 Å². The molecule has 1 atom stereocenters. The molecule has 0 radical (unpaired) electrons. The summed E-state index contributed by atoms with van der Waals surface area (Å²) in [6, 6.07) is 0.703. The van der Waals surface area contributed by atoms with Crippen molar-refractivity contribution < 1.29 is 4.79 Å². The molecule has 1 saturated carbocycles. The molecule has 2 aliphatic heterocycles. The van der Waals surface area contributed by atoms with Gasteiger partial charge in [0.1, 0.15) is 0 Å². The van der Waals surface area contributed by atoms with Gasteiger partial charge in [0.15, 0.2) is 0 Å². The van der Waals surface area contributed by atoms with Crippen LogP contribution in [0.3, 0.4) is 0 Å². The van der Waals surface area contributed by atoms with Gasteiger partial charge in [-0.05, 0) is 49.9 Å². The Hall–Kier alpha value is -0.610. The number of hydrogen-bond acceptors (Lipinski definition) is 3. The molecule has 0 aromatic heterocycles. The molecule has 1 unspecified atom stereocenters. The highest BCUT2D eigenvalue weighted by molar-refractivity contribution is 5.73. The summed E-state index contributed by atoms with van der Waals surface area (Å²) in [5.74, 6) is 1.93. The number of carbonyl (C=O) groups is 1. The number of rotatable bonds is 4. The average molecular weight is 336 g/mol. The number of nitrogens with zero attached hydrogens (tertiary/aromatic N) is 3. The Morgan fingerprint density at radius 3 is 2.33 bits per heavy atom. The number of carbonyl (C=O) groups excluding carboxylic acids is 1. The second-order valence-corrected chi connectivity index (χ2v) is 9.28. The van der Waals surface area contributed by atoms with E-state index in [1.807, 2.05) is 4.90 Å². The predicted molar refractivity (Wildman–Crippen MR) is 99.0 cm³/mol. The van der Waals surface area contributed by atoms with Gasteiger partial charge in [-0.2, -0.15) is 0 Å². The first-order valence-corrected chi connectivity index (χ1v) is 10.1. The molecule has 4 heteroatoms. The first kappa shape index (κ1) is 18.2. The van der Waals surface area contributed by atoms with Gasteiger partial charge in [-0.3, -0.25) is 9.69 Å². The Balaban J connectivity index is 1.38. The molecule has 4 nitrogen and oxygen atoms in total. The van der Waals surface area contributed by atoms with Crippen molar-refractivity contribution in [1.29, 1.82) is 0 Å².